The molecule has 1 saturated carbocycles. The van der Waals surface area contributed by atoms with Crippen molar-refractivity contribution in [2.24, 2.45) is 16.6 Å². The molecule has 0 aromatic heterocycles. The molecule has 0 aromatic carbocycles. The highest BCUT2D eigenvalue weighted by molar-refractivity contribution is 5.69. The van der Waals surface area contributed by atoms with Crippen molar-refractivity contribution in [3.05, 3.63) is 0 Å². The average Bonchev–Trinajstić information content (AvgIpc) is 2.76. The molecule has 5 heteroatoms. The third-order valence-corrected chi connectivity index (χ3v) is 7.58. The van der Waals surface area contributed by atoms with Gasteiger partial charge in [0.2, 0.25) is 0 Å². The Bertz CT molecular complexity index is 540. The highest BCUT2D eigenvalue weighted by Crippen LogP contribution is 2.45. The Balaban J connectivity index is 1.93. The minimum atomic E-state index is -0.663. The molecular weight excluding hydrogens is 436 g/mol. The smallest absolute Gasteiger partial charge is 0.305 e. The van der Waals surface area contributed by atoms with Crippen LogP contribution in [0.3, 0.4) is 0 Å². The SMILES string of the molecule is CCCCCCCCCCCCCCCCC(=O)OCC(O)CNCC1(C)CC(N)CC(C)(C)C1. The standard InChI is InChI=1S/C30H60N2O3/c1-5-6-7-8-9-10-11-12-13-14-15-16-17-18-19-28(34)35-23-27(33)22-32-25-30(4)21-26(31)20-29(2,3)24-30/h26-27,32-33H,5-25,31H2,1-4H3. The second kappa shape index (κ2) is 18.6. The molecule has 0 aromatic rings. The molecule has 0 amide bonds. The number of nitrogens with two attached hydrogens (primary N) is 1. The van der Waals surface area contributed by atoms with Gasteiger partial charge >= 0.3 is 5.97 Å². The van der Waals surface area contributed by atoms with Gasteiger partial charge in [0.05, 0.1) is 0 Å². The summed E-state index contributed by atoms with van der Waals surface area (Å²) in [6.07, 6.45) is 21.3. The van der Waals surface area contributed by atoms with Crippen LogP contribution < -0.4 is 11.1 Å². The normalized spacial score (nSPS) is 22.7. The second-order valence-corrected chi connectivity index (χ2v) is 12.6. The van der Waals surface area contributed by atoms with Crippen LogP contribution in [0.25, 0.3) is 0 Å². The number of aliphatic hydroxyl groups is 1. The molecule has 1 fully saturated rings. The molecule has 3 unspecified atom stereocenters. The number of unbranched alkanes of at least 4 members (excludes halogenated alkanes) is 13. The average molecular weight is 497 g/mol. The van der Waals surface area contributed by atoms with Gasteiger partial charge in [-0.1, -0.05) is 111 Å². The van der Waals surface area contributed by atoms with Crippen LogP contribution >= 0.6 is 0 Å². The van der Waals surface area contributed by atoms with Gasteiger partial charge in [-0.25, -0.2) is 0 Å². The fourth-order valence-electron chi connectivity index (χ4n) is 6.17. The van der Waals surface area contributed by atoms with Crippen molar-refractivity contribution in [3.8, 4) is 0 Å². The van der Waals surface area contributed by atoms with Crippen LogP contribution in [0.15, 0.2) is 0 Å². The summed E-state index contributed by atoms with van der Waals surface area (Å²) in [5.41, 5.74) is 6.68. The van der Waals surface area contributed by atoms with E-state index in [0.29, 0.717) is 13.0 Å². The molecule has 5 nitrogen and oxygen atoms in total. The number of esters is 1. The van der Waals surface area contributed by atoms with E-state index in [0.717, 1.165) is 38.6 Å². The number of nitrogens with one attached hydrogen (secondary N) is 1. The fourth-order valence-corrected chi connectivity index (χ4v) is 6.17. The third-order valence-electron chi connectivity index (χ3n) is 7.58. The van der Waals surface area contributed by atoms with Crippen molar-refractivity contribution >= 4 is 5.97 Å². The van der Waals surface area contributed by atoms with Crippen molar-refractivity contribution in [2.75, 3.05) is 19.7 Å². The molecule has 0 radical (unpaired) electrons. The van der Waals surface area contributed by atoms with Gasteiger partial charge in [-0.2, -0.15) is 0 Å². The molecule has 1 aliphatic rings. The summed E-state index contributed by atoms with van der Waals surface area (Å²) in [6, 6.07) is 0.242. The summed E-state index contributed by atoms with van der Waals surface area (Å²) in [5.74, 6) is -0.185. The van der Waals surface area contributed by atoms with E-state index in [1.54, 1.807) is 0 Å². The molecular formula is C30H60N2O3. The Kier molecular flexibility index (Phi) is 17.2. The van der Waals surface area contributed by atoms with E-state index in [-0.39, 0.29) is 29.4 Å². The van der Waals surface area contributed by atoms with Gasteiger partial charge in [-0.15, -0.1) is 0 Å². The maximum absolute atomic E-state index is 12.0. The van der Waals surface area contributed by atoms with Gasteiger partial charge in [0.15, 0.2) is 0 Å². The van der Waals surface area contributed by atoms with Crippen molar-refractivity contribution in [3.63, 3.8) is 0 Å². The molecule has 0 spiro atoms. The van der Waals surface area contributed by atoms with Gasteiger partial charge in [-0.05, 0) is 36.5 Å². The van der Waals surface area contributed by atoms with Crippen molar-refractivity contribution in [1.82, 2.24) is 5.32 Å². The maximum atomic E-state index is 12.0. The monoisotopic (exact) mass is 496 g/mol. The number of carbonyl (C=O) groups is 1. The van der Waals surface area contributed by atoms with E-state index in [4.69, 9.17) is 10.5 Å². The molecule has 0 aliphatic heterocycles. The molecule has 3 atom stereocenters. The van der Waals surface area contributed by atoms with Crippen LogP contribution in [-0.2, 0) is 9.53 Å². The van der Waals surface area contributed by atoms with E-state index in [1.165, 1.54) is 77.0 Å². The van der Waals surface area contributed by atoms with E-state index in [2.05, 4.69) is 33.0 Å². The Morgan fingerprint density at radius 3 is 1.94 bits per heavy atom. The van der Waals surface area contributed by atoms with Gasteiger partial charge in [0, 0.05) is 25.6 Å². The first-order chi connectivity index (χ1) is 16.7. The summed E-state index contributed by atoms with van der Waals surface area (Å²) >= 11 is 0. The third kappa shape index (κ3) is 17.4. The Labute approximate surface area is 217 Å². The molecule has 1 aliphatic carbocycles. The predicted molar refractivity (Wildman–Crippen MR) is 148 cm³/mol. The van der Waals surface area contributed by atoms with Crippen LogP contribution in [0.1, 0.15) is 143 Å². The van der Waals surface area contributed by atoms with E-state index < -0.39 is 6.10 Å². The number of hydrogen-bond acceptors (Lipinski definition) is 5. The number of ether oxygens (including phenoxy) is 1. The van der Waals surface area contributed by atoms with Crippen LogP contribution in [0, 0.1) is 10.8 Å². The molecule has 208 valence electrons. The summed E-state index contributed by atoms with van der Waals surface area (Å²) in [5, 5.41) is 13.6. The van der Waals surface area contributed by atoms with Crippen molar-refractivity contribution in [2.45, 2.75) is 155 Å². The zero-order valence-corrected chi connectivity index (χ0v) is 23.8. The second-order valence-electron chi connectivity index (χ2n) is 12.6. The Morgan fingerprint density at radius 2 is 1.43 bits per heavy atom. The summed E-state index contributed by atoms with van der Waals surface area (Å²) < 4.78 is 5.29. The minimum absolute atomic E-state index is 0.0756. The fraction of sp³-hybridized carbons (Fsp3) is 0.967. The number of rotatable bonds is 21. The van der Waals surface area contributed by atoms with Gasteiger partial charge in [-0.3, -0.25) is 4.79 Å². The first-order valence-electron chi connectivity index (χ1n) is 15.0. The number of aliphatic hydroxyl groups excluding tert-OH is 1. The Morgan fingerprint density at radius 1 is 0.914 bits per heavy atom. The first-order valence-corrected chi connectivity index (χ1v) is 15.0. The van der Waals surface area contributed by atoms with Crippen molar-refractivity contribution < 1.29 is 14.6 Å². The summed E-state index contributed by atoms with van der Waals surface area (Å²) in [6.45, 7) is 10.5. The number of hydrogen-bond donors (Lipinski definition) is 3. The van der Waals surface area contributed by atoms with Gasteiger partial charge in [0.1, 0.15) is 12.7 Å². The lowest BCUT2D eigenvalue weighted by Crippen LogP contribution is -2.47. The quantitative estimate of drug-likeness (QED) is 0.119. The zero-order valence-electron chi connectivity index (χ0n) is 23.8. The van der Waals surface area contributed by atoms with Crippen molar-refractivity contribution in [1.29, 1.82) is 0 Å². The molecule has 1 rings (SSSR count). The minimum Gasteiger partial charge on any atom is -0.463 e. The van der Waals surface area contributed by atoms with Gasteiger partial charge < -0.3 is 20.9 Å². The van der Waals surface area contributed by atoms with E-state index in [9.17, 15) is 9.90 Å². The highest BCUT2D eigenvalue weighted by Gasteiger charge is 2.39. The van der Waals surface area contributed by atoms with Gasteiger partial charge in [0.25, 0.3) is 0 Å². The molecule has 4 N–H and O–H groups in total. The molecule has 0 heterocycles. The first kappa shape index (κ1) is 32.4. The lowest BCUT2D eigenvalue weighted by atomic mass is 9.63. The lowest BCUT2D eigenvalue weighted by molar-refractivity contribution is -0.146. The molecule has 0 saturated heterocycles. The zero-order chi connectivity index (χ0) is 26.0. The van der Waals surface area contributed by atoms with Crippen LogP contribution in [0.5, 0.6) is 0 Å². The largest absolute Gasteiger partial charge is 0.463 e. The maximum Gasteiger partial charge on any atom is 0.305 e. The highest BCUT2D eigenvalue weighted by atomic mass is 16.5. The van der Waals surface area contributed by atoms with E-state index in [1.807, 2.05) is 0 Å². The van der Waals surface area contributed by atoms with Crippen LogP contribution in [-0.4, -0.2) is 42.9 Å². The summed E-state index contributed by atoms with van der Waals surface area (Å²) in [4.78, 5) is 12.0. The summed E-state index contributed by atoms with van der Waals surface area (Å²) in [7, 11) is 0. The Hall–Kier alpha value is -0.650. The topological polar surface area (TPSA) is 84.6 Å². The van der Waals surface area contributed by atoms with Crippen LogP contribution in [0.2, 0.25) is 0 Å². The lowest BCUT2D eigenvalue weighted by Gasteiger charge is -2.46. The molecule has 35 heavy (non-hydrogen) atoms. The number of carbonyl (C=O) groups excluding carboxylic acids is 1. The predicted octanol–water partition coefficient (Wildman–Crippen LogP) is 6.90. The molecule has 0 bridgehead atoms. The van der Waals surface area contributed by atoms with E-state index >= 15 is 0 Å². The van der Waals surface area contributed by atoms with Crippen LogP contribution in [0.4, 0.5) is 0 Å².